The third-order valence-corrected chi connectivity index (χ3v) is 16.3. The summed E-state index contributed by atoms with van der Waals surface area (Å²) >= 11 is 0. The Morgan fingerprint density at radius 2 is 1.70 bits per heavy atom. The number of rotatable bonds is 7. The SMILES string of the molecule is COC1C2[C@@H]3CCC4C(C)(C)[C@@H](OC5CN(C6COC6)CCO5)CCC45[C@@H](C)[C@@]35CC[C@]2(C)[C@H]2CC[C@H]([C@H](OC)C(C)(C)O)O[C@H]12. The van der Waals surface area contributed by atoms with E-state index in [-0.39, 0.29) is 47.6 Å². The Kier molecular flexibility index (Phi) is 7.92. The molecular weight excluding hydrogens is 582 g/mol. The van der Waals surface area contributed by atoms with Gasteiger partial charge in [-0.25, -0.2) is 0 Å². The third-order valence-electron chi connectivity index (χ3n) is 16.3. The van der Waals surface area contributed by atoms with Crippen LogP contribution in [0.2, 0.25) is 0 Å². The summed E-state index contributed by atoms with van der Waals surface area (Å²) in [4.78, 5) is 2.52. The zero-order valence-corrected chi connectivity index (χ0v) is 30.0. The van der Waals surface area contributed by atoms with Crippen molar-refractivity contribution in [3.63, 3.8) is 0 Å². The van der Waals surface area contributed by atoms with Crippen LogP contribution in [0.25, 0.3) is 0 Å². The average Bonchev–Trinajstić information content (AvgIpc) is 3.39. The molecule has 8 heteroatoms. The zero-order valence-electron chi connectivity index (χ0n) is 30.0. The lowest BCUT2D eigenvalue weighted by Gasteiger charge is -2.60. The van der Waals surface area contributed by atoms with Gasteiger partial charge in [-0.1, -0.05) is 27.7 Å². The maximum absolute atomic E-state index is 10.9. The van der Waals surface area contributed by atoms with Crippen LogP contribution in [0.5, 0.6) is 0 Å². The van der Waals surface area contributed by atoms with E-state index in [0.717, 1.165) is 58.1 Å². The summed E-state index contributed by atoms with van der Waals surface area (Å²) < 4.78 is 38.1. The monoisotopic (exact) mass is 645 g/mol. The first-order chi connectivity index (χ1) is 21.8. The van der Waals surface area contributed by atoms with Gasteiger partial charge >= 0.3 is 0 Å². The Labute approximate surface area is 277 Å². The second-order valence-corrected chi connectivity index (χ2v) is 18.4. The summed E-state index contributed by atoms with van der Waals surface area (Å²) in [6.45, 7) is 18.3. The molecule has 8 nitrogen and oxygen atoms in total. The van der Waals surface area contributed by atoms with E-state index in [4.69, 9.17) is 28.4 Å². The fraction of sp³-hybridized carbons (Fsp3) is 1.00. The van der Waals surface area contributed by atoms with Crippen LogP contribution in [0.15, 0.2) is 0 Å². The number of hydrogen-bond acceptors (Lipinski definition) is 8. The van der Waals surface area contributed by atoms with Gasteiger partial charge < -0.3 is 33.5 Å². The van der Waals surface area contributed by atoms with E-state index in [9.17, 15) is 5.11 Å². The van der Waals surface area contributed by atoms with Crippen LogP contribution in [0, 0.1) is 51.2 Å². The van der Waals surface area contributed by atoms with Crippen LogP contribution >= 0.6 is 0 Å². The van der Waals surface area contributed by atoms with Gasteiger partial charge in [0.1, 0.15) is 6.10 Å². The van der Waals surface area contributed by atoms with Crippen molar-refractivity contribution in [2.24, 2.45) is 51.2 Å². The Balaban J connectivity index is 1.03. The number of aliphatic hydroxyl groups is 1. The molecule has 46 heavy (non-hydrogen) atoms. The molecule has 3 saturated heterocycles. The van der Waals surface area contributed by atoms with Crippen molar-refractivity contribution in [2.45, 2.75) is 141 Å². The van der Waals surface area contributed by atoms with Gasteiger partial charge in [-0.2, -0.15) is 0 Å². The summed E-state index contributed by atoms with van der Waals surface area (Å²) in [5.74, 6) is 3.11. The molecule has 5 unspecified atom stereocenters. The predicted octanol–water partition coefficient (Wildman–Crippen LogP) is 5.29. The maximum atomic E-state index is 10.9. The highest BCUT2D eigenvalue weighted by atomic mass is 16.7. The molecule has 8 fully saturated rings. The second kappa shape index (κ2) is 11.1. The molecule has 0 bridgehead atoms. The van der Waals surface area contributed by atoms with Crippen molar-refractivity contribution in [2.75, 3.05) is 47.1 Å². The number of methoxy groups -OCH3 is 2. The topological polar surface area (TPSA) is 78.9 Å². The van der Waals surface area contributed by atoms with Crippen LogP contribution in [-0.2, 0) is 28.4 Å². The van der Waals surface area contributed by atoms with Crippen molar-refractivity contribution >= 4 is 0 Å². The minimum absolute atomic E-state index is 0.0683. The van der Waals surface area contributed by atoms with Crippen LogP contribution in [-0.4, -0.2) is 106 Å². The highest BCUT2D eigenvalue weighted by Crippen LogP contribution is 2.89. The van der Waals surface area contributed by atoms with Gasteiger partial charge in [-0.15, -0.1) is 0 Å². The normalized spacial score (nSPS) is 52.4. The van der Waals surface area contributed by atoms with Crippen molar-refractivity contribution in [3.8, 4) is 0 Å². The van der Waals surface area contributed by atoms with Crippen molar-refractivity contribution < 1.29 is 33.5 Å². The van der Waals surface area contributed by atoms with E-state index in [2.05, 4.69) is 32.6 Å². The first kappa shape index (κ1) is 32.9. The molecule has 3 aliphatic heterocycles. The first-order valence-corrected chi connectivity index (χ1v) is 18.9. The Bertz CT molecular complexity index is 1150. The smallest absolute Gasteiger partial charge is 0.170 e. The molecule has 1 N–H and O–H groups in total. The molecule has 5 saturated carbocycles. The van der Waals surface area contributed by atoms with E-state index >= 15 is 0 Å². The molecule has 0 aromatic carbocycles. The standard InChI is InChI=1S/C38H63NO7/c1-22-37-16-15-36(6)25-9-11-26(33(42-8)35(4,5)40)45-31(25)32(41-7)30(36)24(37)10-12-27-34(2,3)28(13-14-38(22,27)37)46-29-19-39(17-18-44-29)23-20-43-21-23/h22-33,40H,9-21H2,1-8H3/t22-,24-,25-,26+,27?,28-,29?,30?,31-,32?,33-,36+,37-,38?/m0/s1. The molecule has 2 spiro atoms. The number of fused-ring (bicyclic) bond motifs is 4. The number of morpholine rings is 1. The van der Waals surface area contributed by atoms with Gasteiger partial charge in [0.05, 0.1) is 62.4 Å². The summed E-state index contributed by atoms with van der Waals surface area (Å²) in [6, 6.07) is 0.534. The predicted molar refractivity (Wildman–Crippen MR) is 174 cm³/mol. The lowest BCUT2D eigenvalue weighted by atomic mass is 9.46. The minimum Gasteiger partial charge on any atom is -0.388 e. The molecule has 0 amide bonds. The third kappa shape index (κ3) is 4.32. The number of nitrogens with zero attached hydrogens (tertiary/aromatic N) is 1. The molecular formula is C38H63NO7. The van der Waals surface area contributed by atoms with Crippen molar-refractivity contribution in [3.05, 3.63) is 0 Å². The number of ether oxygens (including phenoxy) is 6. The molecule has 14 atom stereocenters. The summed E-state index contributed by atoms with van der Waals surface area (Å²) in [5, 5.41) is 10.9. The van der Waals surface area contributed by atoms with Gasteiger partial charge in [0, 0.05) is 20.8 Å². The molecule has 262 valence electrons. The van der Waals surface area contributed by atoms with E-state index in [0.29, 0.717) is 40.5 Å². The van der Waals surface area contributed by atoms with Crippen molar-refractivity contribution in [1.29, 1.82) is 0 Å². The van der Waals surface area contributed by atoms with Crippen LogP contribution in [0.4, 0.5) is 0 Å². The van der Waals surface area contributed by atoms with Crippen molar-refractivity contribution in [1.82, 2.24) is 4.90 Å². The Morgan fingerprint density at radius 1 is 0.935 bits per heavy atom. The summed E-state index contributed by atoms with van der Waals surface area (Å²) in [5.41, 5.74) is 0.189. The quantitative estimate of drug-likeness (QED) is 0.400. The van der Waals surface area contributed by atoms with E-state index in [1.54, 1.807) is 7.11 Å². The second-order valence-electron chi connectivity index (χ2n) is 18.4. The summed E-state index contributed by atoms with van der Waals surface area (Å²) in [7, 11) is 3.64. The minimum atomic E-state index is -0.953. The zero-order chi connectivity index (χ0) is 32.4. The van der Waals surface area contributed by atoms with E-state index < -0.39 is 5.60 Å². The molecule has 8 rings (SSSR count). The fourth-order valence-electron chi connectivity index (χ4n) is 14.3. The highest BCUT2D eigenvalue weighted by Gasteiger charge is 2.85. The lowest BCUT2D eigenvalue weighted by Crippen LogP contribution is -2.58. The molecule has 5 aliphatic carbocycles. The first-order valence-electron chi connectivity index (χ1n) is 18.9. The van der Waals surface area contributed by atoms with E-state index in [1.165, 1.54) is 32.1 Å². The molecule has 8 aliphatic rings. The van der Waals surface area contributed by atoms with Gasteiger partial charge in [-0.05, 0) is 116 Å². The molecule has 0 radical (unpaired) electrons. The lowest BCUT2D eigenvalue weighted by molar-refractivity contribution is -0.254. The average molecular weight is 646 g/mol. The molecule has 0 aromatic rings. The Morgan fingerprint density at radius 3 is 2.37 bits per heavy atom. The van der Waals surface area contributed by atoms with Gasteiger partial charge in [0.2, 0.25) is 0 Å². The van der Waals surface area contributed by atoms with Crippen LogP contribution < -0.4 is 0 Å². The van der Waals surface area contributed by atoms with E-state index in [1.807, 2.05) is 21.0 Å². The summed E-state index contributed by atoms with van der Waals surface area (Å²) in [6.07, 6.45) is 9.49. The van der Waals surface area contributed by atoms with Gasteiger partial charge in [0.25, 0.3) is 0 Å². The molecule has 0 aromatic heterocycles. The highest BCUT2D eigenvalue weighted by molar-refractivity contribution is 5.33. The number of hydrogen-bond donors (Lipinski definition) is 1. The maximum Gasteiger partial charge on any atom is 0.170 e. The molecule has 3 heterocycles. The van der Waals surface area contributed by atoms with Gasteiger partial charge in [-0.3, -0.25) is 4.90 Å². The van der Waals surface area contributed by atoms with Crippen LogP contribution in [0.3, 0.4) is 0 Å². The largest absolute Gasteiger partial charge is 0.388 e. The van der Waals surface area contributed by atoms with Crippen LogP contribution in [0.1, 0.15) is 92.9 Å². The Hall–Kier alpha value is -0.320. The van der Waals surface area contributed by atoms with Gasteiger partial charge in [0.15, 0.2) is 6.29 Å². The fourth-order valence-corrected chi connectivity index (χ4v) is 14.3.